The molecule has 0 spiro atoms. The van der Waals surface area contributed by atoms with Crippen LogP contribution >= 0.6 is 35.3 Å². The summed E-state index contributed by atoms with van der Waals surface area (Å²) < 4.78 is -3.12. The lowest BCUT2D eigenvalue weighted by molar-refractivity contribution is -0.143. The summed E-state index contributed by atoms with van der Waals surface area (Å²) in [5.74, 6) is -10.1. The first-order valence-electron chi connectivity index (χ1n) is 22.9. The molecule has 0 saturated carbocycles. The predicted octanol–water partition coefficient (Wildman–Crippen LogP) is 0.623. The minimum atomic E-state index is -1.74. The second kappa shape index (κ2) is 22.9. The van der Waals surface area contributed by atoms with Crippen molar-refractivity contribution in [3.05, 3.63) is 108 Å². The van der Waals surface area contributed by atoms with Gasteiger partial charge >= 0.3 is 23.9 Å². The van der Waals surface area contributed by atoms with E-state index in [1.54, 1.807) is 108 Å². The highest BCUT2D eigenvalue weighted by atomic mass is 32.2. The highest BCUT2D eigenvalue weighted by molar-refractivity contribution is 8.02. The summed E-state index contributed by atoms with van der Waals surface area (Å²) in [5, 5.41) is 58.7. The number of carboxylic acids is 4. The van der Waals surface area contributed by atoms with Gasteiger partial charge in [0.25, 0.3) is 0 Å². The quantitative estimate of drug-likeness (QED) is 0.0738. The van der Waals surface area contributed by atoms with Gasteiger partial charge in [0.1, 0.15) is 48.3 Å². The van der Waals surface area contributed by atoms with Crippen molar-refractivity contribution in [3.63, 3.8) is 0 Å². The average Bonchev–Trinajstić information content (AvgIpc) is 3.97. The molecule has 0 unspecified atom stereocenters. The largest absolute Gasteiger partial charge is 0.480 e. The molecule has 22 nitrogen and oxygen atoms in total. The van der Waals surface area contributed by atoms with E-state index in [-0.39, 0.29) is 11.1 Å². The smallest absolute Gasteiger partial charge is 0.328 e. The molecule has 14 N–H and O–H groups in total. The Hall–Kier alpha value is -6.22. The molecule has 3 heterocycles. The summed E-state index contributed by atoms with van der Waals surface area (Å²) in [6, 6.07) is 10.5. The lowest BCUT2D eigenvalue weighted by Gasteiger charge is -2.31. The maximum atomic E-state index is 15.0. The standard InChI is InChI=1S/C48H59N9O13S3/c1-46(2)31(43(65)66)55-39(71-46)28(52-34(58)25(49)22-16-10-7-11-17-22)37(61)50-26(23-18-12-8-13-19-23)35(59)53-29(40-56-32(44(67)68)47(3,4)72-40)38(62)51-27(24-20-14-9-15-21-24)36(60)54-30(42(63)64)41-57-33(45(69)70)48(5,6)73-41/h7-21,25-33,39-41,55-57H,49H2,1-6H3,(H,50,61)(H,51,62)(H,52,58)(H,53,59)(H,54,60)(H,63,64)(H,65,66)(H,67,68)(H,69,70)/t25-,26-,27-,28-,29-,30+,31+,32+,33+,39-,40-,41-/m1/s1. The molecule has 0 aromatic heterocycles. The summed E-state index contributed by atoms with van der Waals surface area (Å²) in [6.45, 7) is 9.71. The molecule has 3 aliphatic rings. The number of thioether (sulfide) groups is 3. The monoisotopic (exact) mass is 1070 g/mol. The van der Waals surface area contributed by atoms with Crippen molar-refractivity contribution >= 4 is 88.7 Å². The second-order valence-corrected chi connectivity index (χ2v) is 24.5. The van der Waals surface area contributed by atoms with Crippen molar-refractivity contribution in [3.8, 4) is 0 Å². The number of nitrogens with two attached hydrogens (primary N) is 1. The molecular weight excluding hydrogens is 1010 g/mol. The van der Waals surface area contributed by atoms with Gasteiger partial charge in [0.2, 0.25) is 29.5 Å². The van der Waals surface area contributed by atoms with Gasteiger partial charge in [-0.05, 0) is 58.2 Å². The number of carbonyl (C=O) groups excluding carboxylic acids is 5. The van der Waals surface area contributed by atoms with Gasteiger partial charge in [-0.25, -0.2) is 4.79 Å². The van der Waals surface area contributed by atoms with Crippen molar-refractivity contribution in [2.45, 2.75) is 126 Å². The van der Waals surface area contributed by atoms with Crippen LogP contribution in [0.3, 0.4) is 0 Å². The van der Waals surface area contributed by atoms with Crippen molar-refractivity contribution in [2.75, 3.05) is 0 Å². The van der Waals surface area contributed by atoms with Gasteiger partial charge in [0, 0.05) is 14.2 Å². The van der Waals surface area contributed by atoms with Crippen molar-refractivity contribution in [2.24, 2.45) is 5.73 Å². The molecule has 392 valence electrons. The van der Waals surface area contributed by atoms with E-state index in [4.69, 9.17) is 5.73 Å². The summed E-state index contributed by atoms with van der Waals surface area (Å²) in [5.41, 5.74) is 7.09. The van der Waals surface area contributed by atoms with E-state index < -0.39 is 138 Å². The number of rotatable bonds is 20. The Balaban J connectivity index is 1.34. The molecule has 3 fully saturated rings. The van der Waals surface area contributed by atoms with Gasteiger partial charge in [-0.1, -0.05) is 91.0 Å². The third-order valence-electron chi connectivity index (χ3n) is 12.5. The molecule has 3 saturated heterocycles. The first kappa shape index (κ1) is 56.1. The maximum absolute atomic E-state index is 15.0. The summed E-state index contributed by atoms with van der Waals surface area (Å²) in [7, 11) is 0. The number of hydrogen-bond donors (Lipinski definition) is 13. The fourth-order valence-corrected chi connectivity index (χ4v) is 13.2. The van der Waals surface area contributed by atoms with Crippen LogP contribution in [0.4, 0.5) is 0 Å². The molecule has 3 aromatic carbocycles. The molecule has 0 aliphatic carbocycles. The first-order chi connectivity index (χ1) is 34.2. The Bertz CT molecular complexity index is 2580. The van der Waals surface area contributed by atoms with Gasteiger partial charge in [-0.3, -0.25) is 54.3 Å². The van der Waals surface area contributed by atoms with E-state index in [1.807, 2.05) is 0 Å². The SMILES string of the molecule is CC1(C)S[C@H]([C@H](NC(=O)[C@H](NC(=O)[C@@H](NC(=O)[C@H](NC(=O)[C@@H](NC(=O)[C@H](N)c2ccccc2)[C@@H]2N[C@@H](C(=O)O)C(C)(C)S2)c2ccccc2)[C@@H]2N[C@@H](C(=O)O)C(C)(C)S2)c2ccccc2)C(=O)O)N[C@H]1C(=O)O. The number of carbonyl (C=O) groups is 9. The number of amides is 5. The summed E-state index contributed by atoms with van der Waals surface area (Å²) >= 11 is 3.04. The van der Waals surface area contributed by atoms with Crippen LogP contribution in [0.15, 0.2) is 91.0 Å². The molecule has 25 heteroatoms. The van der Waals surface area contributed by atoms with Crippen LogP contribution in [0.2, 0.25) is 0 Å². The third-order valence-corrected chi connectivity index (χ3v) is 17.1. The van der Waals surface area contributed by atoms with Gasteiger partial charge in [0.15, 0.2) is 6.04 Å². The molecular formula is C48H59N9O13S3. The van der Waals surface area contributed by atoms with E-state index in [0.717, 1.165) is 35.3 Å². The molecule has 0 bridgehead atoms. The van der Waals surface area contributed by atoms with Crippen LogP contribution in [0.25, 0.3) is 0 Å². The van der Waals surface area contributed by atoms with E-state index in [9.17, 15) is 63.6 Å². The number of hydrogen-bond acceptors (Lipinski definition) is 16. The number of aliphatic carboxylic acids is 4. The zero-order chi connectivity index (χ0) is 53.7. The molecule has 6 rings (SSSR count). The van der Waals surface area contributed by atoms with E-state index in [2.05, 4.69) is 42.5 Å². The molecule has 3 aromatic rings. The van der Waals surface area contributed by atoms with Crippen LogP contribution in [-0.4, -0.2) is 140 Å². The Morgan fingerprint density at radius 1 is 0.438 bits per heavy atom. The van der Waals surface area contributed by atoms with Crippen LogP contribution in [-0.2, 0) is 43.2 Å². The third kappa shape index (κ3) is 13.1. The minimum Gasteiger partial charge on any atom is -0.480 e. The van der Waals surface area contributed by atoms with Gasteiger partial charge < -0.3 is 52.7 Å². The van der Waals surface area contributed by atoms with Crippen molar-refractivity contribution < 1.29 is 63.6 Å². The Labute approximate surface area is 432 Å². The lowest BCUT2D eigenvalue weighted by atomic mass is 10.0. The Morgan fingerprint density at radius 2 is 0.726 bits per heavy atom. The van der Waals surface area contributed by atoms with Crippen LogP contribution in [0.1, 0.15) is 76.4 Å². The van der Waals surface area contributed by atoms with E-state index in [1.165, 1.54) is 24.3 Å². The number of nitrogens with one attached hydrogen (secondary N) is 8. The first-order valence-corrected chi connectivity index (χ1v) is 25.5. The maximum Gasteiger partial charge on any atom is 0.328 e. The predicted molar refractivity (Wildman–Crippen MR) is 272 cm³/mol. The topological polar surface area (TPSA) is 357 Å². The second-order valence-electron chi connectivity index (χ2n) is 19.1. The number of carboxylic acid groups (broad SMARTS) is 4. The van der Waals surface area contributed by atoms with Crippen LogP contribution in [0.5, 0.6) is 0 Å². The van der Waals surface area contributed by atoms with Crippen molar-refractivity contribution in [1.29, 1.82) is 0 Å². The minimum absolute atomic E-state index is 0.162. The highest BCUT2D eigenvalue weighted by Crippen LogP contribution is 2.42. The van der Waals surface area contributed by atoms with Crippen LogP contribution in [0, 0.1) is 0 Å². The van der Waals surface area contributed by atoms with E-state index in [0.29, 0.717) is 5.56 Å². The summed E-state index contributed by atoms with van der Waals surface area (Å²) in [4.78, 5) is 123. The fourth-order valence-electron chi connectivity index (χ4n) is 8.69. The Kier molecular flexibility index (Phi) is 17.6. The summed E-state index contributed by atoms with van der Waals surface area (Å²) in [6.07, 6.45) is 0. The molecule has 73 heavy (non-hydrogen) atoms. The average molecular weight is 1070 g/mol. The zero-order valence-corrected chi connectivity index (χ0v) is 42.8. The van der Waals surface area contributed by atoms with Gasteiger partial charge in [-0.15, -0.1) is 35.3 Å². The van der Waals surface area contributed by atoms with Gasteiger partial charge in [0.05, 0.1) is 16.1 Å². The Morgan fingerprint density at radius 3 is 1.03 bits per heavy atom. The molecule has 3 aliphatic heterocycles. The van der Waals surface area contributed by atoms with Crippen molar-refractivity contribution in [1.82, 2.24) is 42.5 Å². The molecule has 5 amide bonds. The highest BCUT2D eigenvalue weighted by Gasteiger charge is 2.53. The number of benzene rings is 3. The van der Waals surface area contributed by atoms with E-state index >= 15 is 0 Å². The fraction of sp³-hybridized carbons (Fsp3) is 0.438. The zero-order valence-electron chi connectivity index (χ0n) is 40.4. The normalized spacial score (nSPS) is 25.0. The van der Waals surface area contributed by atoms with Gasteiger partial charge in [-0.2, -0.15) is 0 Å². The molecule has 12 atom stereocenters. The van der Waals surface area contributed by atoms with Crippen LogP contribution < -0.4 is 48.3 Å². The molecule has 0 radical (unpaired) electrons. The lowest BCUT2D eigenvalue weighted by Crippen LogP contribution is -2.61.